The molecule has 0 aliphatic carbocycles. The van der Waals surface area contributed by atoms with Crippen LogP contribution >= 0.6 is 11.3 Å². The van der Waals surface area contributed by atoms with Crippen molar-refractivity contribution in [1.82, 2.24) is 24.5 Å². The molecule has 3 heterocycles. The van der Waals surface area contributed by atoms with Gasteiger partial charge in [0.2, 0.25) is 5.91 Å². The maximum Gasteiger partial charge on any atom is 0.266 e. The van der Waals surface area contributed by atoms with Crippen LogP contribution in [0.25, 0.3) is 27.5 Å². The van der Waals surface area contributed by atoms with Crippen LogP contribution in [0.2, 0.25) is 0 Å². The molecular formula is C27H24FN5O3S. The van der Waals surface area contributed by atoms with Gasteiger partial charge in [0, 0.05) is 41.0 Å². The lowest BCUT2D eigenvalue weighted by Gasteiger charge is -2.08. The summed E-state index contributed by atoms with van der Waals surface area (Å²) in [6.07, 6.45) is 2.10. The van der Waals surface area contributed by atoms with E-state index < -0.39 is 0 Å². The van der Waals surface area contributed by atoms with Gasteiger partial charge in [-0.05, 0) is 61.5 Å². The van der Waals surface area contributed by atoms with E-state index in [9.17, 15) is 14.0 Å². The molecular weight excluding hydrogens is 493 g/mol. The molecule has 2 aromatic carbocycles. The molecule has 0 aliphatic rings. The Labute approximate surface area is 216 Å². The van der Waals surface area contributed by atoms with Gasteiger partial charge >= 0.3 is 0 Å². The first-order valence-corrected chi connectivity index (χ1v) is 12.7. The van der Waals surface area contributed by atoms with Crippen molar-refractivity contribution in [1.29, 1.82) is 0 Å². The summed E-state index contributed by atoms with van der Waals surface area (Å²) in [5.74, 6) is 0.300. The number of imidazole rings is 1. The molecule has 0 saturated carbocycles. The van der Waals surface area contributed by atoms with Crippen LogP contribution in [0.4, 0.5) is 4.39 Å². The minimum absolute atomic E-state index is 0.168. The van der Waals surface area contributed by atoms with Gasteiger partial charge in [0.15, 0.2) is 4.96 Å². The lowest BCUT2D eigenvalue weighted by Crippen LogP contribution is -2.32. The number of rotatable bonds is 9. The van der Waals surface area contributed by atoms with Crippen LogP contribution in [0.15, 0.2) is 77.0 Å². The number of nitrogens with zero attached hydrogens (tertiary/aromatic N) is 4. The third-order valence-corrected chi connectivity index (χ3v) is 6.63. The molecule has 3 aromatic heterocycles. The molecule has 5 aromatic rings. The largest absolute Gasteiger partial charge is 0.494 e. The van der Waals surface area contributed by atoms with E-state index in [1.165, 1.54) is 34.2 Å². The standard InChI is InChI=1S/C27H24FN5O3S/c1-2-36-22-9-5-19(6-10-22)24-16-32-21(17-37-27(32)30-24)15-25(34)29-13-14-33-26(35)12-11-23(31-33)18-3-7-20(28)8-4-18/h3-12,16-17H,2,13-15H2,1H3,(H,29,34). The molecule has 0 aliphatic heterocycles. The quantitative estimate of drug-likeness (QED) is 0.317. The van der Waals surface area contributed by atoms with Gasteiger partial charge < -0.3 is 10.1 Å². The van der Waals surface area contributed by atoms with Crippen molar-refractivity contribution >= 4 is 22.2 Å². The summed E-state index contributed by atoms with van der Waals surface area (Å²) in [6, 6.07) is 16.7. The van der Waals surface area contributed by atoms with Crippen LogP contribution in [-0.4, -0.2) is 38.2 Å². The zero-order chi connectivity index (χ0) is 25.8. The Morgan fingerprint density at radius 2 is 1.76 bits per heavy atom. The second-order valence-corrected chi connectivity index (χ2v) is 9.11. The van der Waals surface area contributed by atoms with Crippen molar-refractivity contribution in [2.75, 3.05) is 13.2 Å². The number of ether oxygens (including phenoxy) is 1. The molecule has 0 saturated heterocycles. The summed E-state index contributed by atoms with van der Waals surface area (Å²) >= 11 is 1.47. The Morgan fingerprint density at radius 1 is 1.03 bits per heavy atom. The van der Waals surface area contributed by atoms with Gasteiger partial charge in [0.25, 0.3) is 5.56 Å². The van der Waals surface area contributed by atoms with Gasteiger partial charge in [-0.15, -0.1) is 11.3 Å². The molecule has 5 rings (SSSR count). The zero-order valence-electron chi connectivity index (χ0n) is 20.1. The Hall–Kier alpha value is -4.31. The number of thiazole rings is 1. The molecule has 0 atom stereocenters. The highest BCUT2D eigenvalue weighted by Crippen LogP contribution is 2.25. The Morgan fingerprint density at radius 3 is 2.51 bits per heavy atom. The first-order valence-electron chi connectivity index (χ1n) is 11.8. The number of hydrogen-bond donors (Lipinski definition) is 1. The van der Waals surface area contributed by atoms with Gasteiger partial charge in [-0.25, -0.2) is 14.1 Å². The van der Waals surface area contributed by atoms with Crippen molar-refractivity contribution in [3.05, 3.63) is 94.1 Å². The first kappa shape index (κ1) is 24.4. The highest BCUT2D eigenvalue weighted by atomic mass is 32.1. The van der Waals surface area contributed by atoms with E-state index >= 15 is 0 Å². The normalized spacial score (nSPS) is 11.1. The van der Waals surface area contributed by atoms with E-state index in [1.807, 2.05) is 47.2 Å². The molecule has 0 bridgehead atoms. The monoisotopic (exact) mass is 517 g/mol. The summed E-state index contributed by atoms with van der Waals surface area (Å²) in [7, 11) is 0. The number of halogens is 1. The number of carbonyl (C=O) groups is 1. The predicted octanol–water partition coefficient (Wildman–Crippen LogP) is 4.18. The summed E-state index contributed by atoms with van der Waals surface area (Å²) in [5, 5.41) is 9.12. The average molecular weight is 518 g/mol. The minimum atomic E-state index is -0.342. The fourth-order valence-corrected chi connectivity index (χ4v) is 4.77. The van der Waals surface area contributed by atoms with Gasteiger partial charge in [-0.3, -0.25) is 14.0 Å². The Kier molecular flexibility index (Phi) is 7.09. The van der Waals surface area contributed by atoms with E-state index in [0.29, 0.717) is 17.9 Å². The molecule has 37 heavy (non-hydrogen) atoms. The second kappa shape index (κ2) is 10.8. The van der Waals surface area contributed by atoms with Gasteiger partial charge in [0.05, 0.1) is 31.0 Å². The SMILES string of the molecule is CCOc1ccc(-c2cn3c(CC(=O)NCCn4nc(-c5ccc(F)cc5)ccc4=O)csc3n2)cc1. The van der Waals surface area contributed by atoms with Gasteiger partial charge in [0.1, 0.15) is 11.6 Å². The van der Waals surface area contributed by atoms with Crippen LogP contribution in [0.1, 0.15) is 12.6 Å². The summed E-state index contributed by atoms with van der Waals surface area (Å²) in [5.41, 5.74) is 3.59. The van der Waals surface area contributed by atoms with E-state index in [0.717, 1.165) is 27.7 Å². The third kappa shape index (κ3) is 5.59. The van der Waals surface area contributed by atoms with Crippen molar-refractivity contribution in [2.45, 2.75) is 19.9 Å². The summed E-state index contributed by atoms with van der Waals surface area (Å²) in [6.45, 7) is 3.01. The fourth-order valence-electron chi connectivity index (χ4n) is 3.90. The number of nitrogens with one attached hydrogen (secondary N) is 1. The average Bonchev–Trinajstić information content (AvgIpc) is 3.48. The molecule has 0 fully saturated rings. The second-order valence-electron chi connectivity index (χ2n) is 8.28. The van der Waals surface area contributed by atoms with E-state index in [-0.39, 0.29) is 36.8 Å². The molecule has 188 valence electrons. The molecule has 1 amide bonds. The minimum Gasteiger partial charge on any atom is -0.494 e. The van der Waals surface area contributed by atoms with Crippen LogP contribution in [0.5, 0.6) is 5.75 Å². The highest BCUT2D eigenvalue weighted by molar-refractivity contribution is 7.15. The van der Waals surface area contributed by atoms with Crippen molar-refractivity contribution in [2.24, 2.45) is 0 Å². The zero-order valence-corrected chi connectivity index (χ0v) is 20.9. The molecule has 0 spiro atoms. The van der Waals surface area contributed by atoms with Crippen molar-refractivity contribution < 1.29 is 13.9 Å². The highest BCUT2D eigenvalue weighted by Gasteiger charge is 2.13. The maximum atomic E-state index is 13.2. The van der Waals surface area contributed by atoms with E-state index in [1.54, 1.807) is 18.2 Å². The number of fused-ring (bicyclic) bond motifs is 1. The molecule has 0 unspecified atom stereocenters. The number of carbonyl (C=O) groups excluding carboxylic acids is 1. The topological polar surface area (TPSA) is 90.5 Å². The predicted molar refractivity (Wildman–Crippen MR) is 140 cm³/mol. The maximum absolute atomic E-state index is 13.2. The first-order chi connectivity index (χ1) is 18.0. The van der Waals surface area contributed by atoms with Crippen LogP contribution in [0, 0.1) is 5.82 Å². The van der Waals surface area contributed by atoms with Crippen molar-refractivity contribution in [3.8, 4) is 28.3 Å². The van der Waals surface area contributed by atoms with Gasteiger partial charge in [-0.2, -0.15) is 5.10 Å². The number of hydrogen-bond acceptors (Lipinski definition) is 6. The Bertz CT molecular complexity index is 1590. The third-order valence-electron chi connectivity index (χ3n) is 5.74. The van der Waals surface area contributed by atoms with Crippen LogP contribution in [0.3, 0.4) is 0 Å². The number of amides is 1. The van der Waals surface area contributed by atoms with E-state index in [4.69, 9.17) is 4.74 Å². The smallest absolute Gasteiger partial charge is 0.266 e. The fraction of sp³-hybridized carbons (Fsp3) is 0.185. The lowest BCUT2D eigenvalue weighted by atomic mass is 10.1. The number of aromatic nitrogens is 4. The summed E-state index contributed by atoms with van der Waals surface area (Å²) < 4.78 is 21.9. The van der Waals surface area contributed by atoms with Crippen molar-refractivity contribution in [3.63, 3.8) is 0 Å². The number of benzene rings is 2. The molecule has 8 nitrogen and oxygen atoms in total. The molecule has 0 radical (unpaired) electrons. The Balaban J connectivity index is 1.21. The van der Waals surface area contributed by atoms with Gasteiger partial charge in [-0.1, -0.05) is 0 Å². The molecule has 10 heteroatoms. The van der Waals surface area contributed by atoms with Crippen LogP contribution in [-0.2, 0) is 17.8 Å². The van der Waals surface area contributed by atoms with Crippen LogP contribution < -0.4 is 15.6 Å². The molecule has 1 N–H and O–H groups in total. The van der Waals surface area contributed by atoms with E-state index in [2.05, 4.69) is 15.4 Å². The lowest BCUT2D eigenvalue weighted by molar-refractivity contribution is -0.120. The summed E-state index contributed by atoms with van der Waals surface area (Å²) in [4.78, 5) is 30.3.